The van der Waals surface area contributed by atoms with E-state index in [0.29, 0.717) is 17.9 Å². The number of carbonyl (C=O) groups is 1. The molecular formula is C23H28N6O. The maximum Gasteiger partial charge on any atom is 0.254 e. The summed E-state index contributed by atoms with van der Waals surface area (Å²) in [6.07, 6.45) is 7.31. The maximum absolute atomic E-state index is 12.9. The van der Waals surface area contributed by atoms with Crippen molar-refractivity contribution in [3.05, 3.63) is 77.1 Å². The summed E-state index contributed by atoms with van der Waals surface area (Å²) in [6.45, 7) is 5.29. The molecule has 0 aliphatic carbocycles. The van der Waals surface area contributed by atoms with E-state index < -0.39 is 0 Å². The summed E-state index contributed by atoms with van der Waals surface area (Å²) in [5.41, 5.74) is 3.77. The fraction of sp³-hybridized carbons (Fsp3) is 0.391. The van der Waals surface area contributed by atoms with Crippen LogP contribution in [0.1, 0.15) is 51.8 Å². The number of nitrogens with zero attached hydrogens (tertiary/aromatic N) is 5. The summed E-state index contributed by atoms with van der Waals surface area (Å²) >= 11 is 0. The monoisotopic (exact) mass is 404 g/mol. The third-order valence-corrected chi connectivity index (χ3v) is 5.62. The quantitative estimate of drug-likeness (QED) is 0.684. The Labute approximate surface area is 177 Å². The molecule has 3 aromatic rings. The molecule has 0 spiro atoms. The zero-order valence-corrected chi connectivity index (χ0v) is 17.6. The predicted octanol–water partition coefficient (Wildman–Crippen LogP) is 2.83. The van der Waals surface area contributed by atoms with Crippen LogP contribution in [-0.2, 0) is 20.1 Å². The topological polar surface area (TPSA) is 75.9 Å². The second-order valence-electron chi connectivity index (χ2n) is 7.96. The third kappa shape index (κ3) is 4.91. The van der Waals surface area contributed by atoms with Crippen LogP contribution in [0, 0.1) is 6.92 Å². The second-order valence-corrected chi connectivity index (χ2v) is 7.96. The second kappa shape index (κ2) is 9.17. The molecule has 0 unspecified atom stereocenters. The number of benzene rings is 1. The Morgan fingerprint density at radius 2 is 1.90 bits per heavy atom. The summed E-state index contributed by atoms with van der Waals surface area (Å²) < 4.78 is 1.73. The van der Waals surface area contributed by atoms with Crippen LogP contribution in [0.5, 0.6) is 0 Å². The van der Waals surface area contributed by atoms with Crippen molar-refractivity contribution < 1.29 is 4.79 Å². The van der Waals surface area contributed by atoms with Crippen LogP contribution >= 0.6 is 0 Å². The lowest BCUT2D eigenvalue weighted by atomic mass is 9.90. The molecule has 2 aromatic heterocycles. The number of hydrogen-bond acceptors (Lipinski definition) is 5. The van der Waals surface area contributed by atoms with Gasteiger partial charge >= 0.3 is 0 Å². The van der Waals surface area contributed by atoms with Gasteiger partial charge in [-0.25, -0.2) is 9.97 Å². The van der Waals surface area contributed by atoms with Crippen molar-refractivity contribution in [1.82, 2.24) is 30.0 Å². The minimum atomic E-state index is -0.124. The molecule has 7 heteroatoms. The summed E-state index contributed by atoms with van der Waals surface area (Å²) in [4.78, 5) is 24.3. The molecule has 0 atom stereocenters. The molecular weight excluding hydrogens is 376 g/mol. The number of nitrogens with one attached hydrogen (secondary N) is 1. The van der Waals surface area contributed by atoms with Crippen LogP contribution < -0.4 is 5.32 Å². The van der Waals surface area contributed by atoms with Crippen molar-refractivity contribution in [2.24, 2.45) is 7.05 Å². The highest BCUT2D eigenvalue weighted by molar-refractivity contribution is 5.95. The van der Waals surface area contributed by atoms with Gasteiger partial charge < -0.3 is 5.32 Å². The van der Waals surface area contributed by atoms with Crippen molar-refractivity contribution in [2.75, 3.05) is 13.1 Å². The minimum absolute atomic E-state index is 0.124. The number of hydrogen-bond donors (Lipinski definition) is 1. The van der Waals surface area contributed by atoms with Crippen LogP contribution in [0.15, 0.2) is 48.9 Å². The van der Waals surface area contributed by atoms with Gasteiger partial charge in [0, 0.05) is 44.0 Å². The van der Waals surface area contributed by atoms with E-state index in [1.54, 1.807) is 17.1 Å². The lowest BCUT2D eigenvalue weighted by Gasteiger charge is -2.32. The molecule has 1 aromatic carbocycles. The molecule has 30 heavy (non-hydrogen) atoms. The first-order chi connectivity index (χ1) is 14.6. The Morgan fingerprint density at radius 1 is 1.13 bits per heavy atom. The lowest BCUT2D eigenvalue weighted by Crippen LogP contribution is -2.34. The summed E-state index contributed by atoms with van der Waals surface area (Å²) in [5, 5.41) is 7.13. The van der Waals surface area contributed by atoms with E-state index in [2.05, 4.69) is 49.5 Å². The minimum Gasteiger partial charge on any atom is -0.348 e. The van der Waals surface area contributed by atoms with Crippen LogP contribution in [0.3, 0.4) is 0 Å². The molecule has 0 bridgehead atoms. The summed E-state index contributed by atoms with van der Waals surface area (Å²) in [5.74, 6) is 0.860. The molecule has 156 valence electrons. The van der Waals surface area contributed by atoms with Gasteiger partial charge in [-0.1, -0.05) is 30.3 Å². The number of aromatic nitrogens is 4. The standard InChI is InChI=1S/C23H28N6O/c1-17-24-14-21(23(30)25-12-19-13-26-28(2)15-19)22(27-17)20-8-10-29(11-9-20)16-18-6-4-3-5-7-18/h3-7,13-15,20H,8-12,16H2,1-2H3,(H,25,30). The molecule has 1 saturated heterocycles. The highest BCUT2D eigenvalue weighted by Crippen LogP contribution is 2.29. The number of aryl methyl sites for hydroxylation is 2. The van der Waals surface area contributed by atoms with Gasteiger partial charge in [0.2, 0.25) is 0 Å². The molecule has 3 heterocycles. The van der Waals surface area contributed by atoms with E-state index in [9.17, 15) is 4.79 Å². The van der Waals surface area contributed by atoms with E-state index in [1.165, 1.54) is 5.56 Å². The molecule has 1 aliphatic heterocycles. The molecule has 1 N–H and O–H groups in total. The van der Waals surface area contributed by atoms with Crippen molar-refractivity contribution in [1.29, 1.82) is 0 Å². The zero-order chi connectivity index (χ0) is 20.9. The van der Waals surface area contributed by atoms with E-state index in [0.717, 1.165) is 43.7 Å². The largest absolute Gasteiger partial charge is 0.348 e. The van der Waals surface area contributed by atoms with Gasteiger partial charge in [0.05, 0.1) is 17.5 Å². The molecule has 0 radical (unpaired) electrons. The van der Waals surface area contributed by atoms with Crippen molar-refractivity contribution in [2.45, 2.75) is 38.8 Å². The maximum atomic E-state index is 12.9. The average molecular weight is 405 g/mol. The fourth-order valence-electron chi connectivity index (χ4n) is 4.02. The smallest absolute Gasteiger partial charge is 0.254 e. The average Bonchev–Trinajstić information content (AvgIpc) is 3.18. The van der Waals surface area contributed by atoms with E-state index in [4.69, 9.17) is 0 Å². The number of carbonyl (C=O) groups excluding carboxylic acids is 1. The van der Waals surface area contributed by atoms with Gasteiger partial charge in [0.25, 0.3) is 5.91 Å². The Hall–Kier alpha value is -3.06. The van der Waals surface area contributed by atoms with E-state index in [1.807, 2.05) is 26.2 Å². The van der Waals surface area contributed by atoms with Gasteiger partial charge in [0.15, 0.2) is 0 Å². The molecule has 0 saturated carbocycles. The fourth-order valence-corrected chi connectivity index (χ4v) is 4.02. The number of piperidine rings is 1. The van der Waals surface area contributed by atoms with Crippen molar-refractivity contribution >= 4 is 5.91 Å². The SMILES string of the molecule is Cc1ncc(C(=O)NCc2cnn(C)c2)c(C2CCN(Cc3ccccc3)CC2)n1. The zero-order valence-electron chi connectivity index (χ0n) is 17.6. The lowest BCUT2D eigenvalue weighted by molar-refractivity contribution is 0.0947. The molecule has 1 amide bonds. The normalized spacial score (nSPS) is 15.3. The van der Waals surface area contributed by atoms with Crippen molar-refractivity contribution in [3.8, 4) is 0 Å². The summed E-state index contributed by atoms with van der Waals surface area (Å²) in [7, 11) is 1.86. The van der Waals surface area contributed by atoms with Gasteiger partial charge in [-0.2, -0.15) is 5.10 Å². The van der Waals surface area contributed by atoms with Crippen LogP contribution in [0.4, 0.5) is 0 Å². The van der Waals surface area contributed by atoms with Crippen molar-refractivity contribution in [3.63, 3.8) is 0 Å². The van der Waals surface area contributed by atoms with Gasteiger partial charge in [0.1, 0.15) is 5.82 Å². The Bertz CT molecular complexity index is 992. The highest BCUT2D eigenvalue weighted by atomic mass is 16.1. The first-order valence-electron chi connectivity index (χ1n) is 10.4. The first-order valence-corrected chi connectivity index (χ1v) is 10.4. The Morgan fingerprint density at radius 3 is 2.60 bits per heavy atom. The predicted molar refractivity (Wildman–Crippen MR) is 115 cm³/mol. The van der Waals surface area contributed by atoms with Gasteiger partial charge in [-0.15, -0.1) is 0 Å². The van der Waals surface area contributed by atoms with Crippen LogP contribution in [-0.4, -0.2) is 43.6 Å². The summed E-state index contributed by atoms with van der Waals surface area (Å²) in [6, 6.07) is 10.6. The Balaban J connectivity index is 1.41. The first kappa shape index (κ1) is 20.2. The molecule has 1 aliphatic rings. The van der Waals surface area contributed by atoms with E-state index in [-0.39, 0.29) is 11.8 Å². The highest BCUT2D eigenvalue weighted by Gasteiger charge is 2.26. The van der Waals surface area contributed by atoms with Crippen LogP contribution in [0.2, 0.25) is 0 Å². The molecule has 4 rings (SSSR count). The molecule has 7 nitrogen and oxygen atoms in total. The third-order valence-electron chi connectivity index (χ3n) is 5.62. The number of rotatable bonds is 6. The molecule has 1 fully saturated rings. The number of amides is 1. The van der Waals surface area contributed by atoms with Gasteiger partial charge in [-0.3, -0.25) is 14.4 Å². The van der Waals surface area contributed by atoms with E-state index >= 15 is 0 Å². The number of likely N-dealkylation sites (tertiary alicyclic amines) is 1. The Kier molecular flexibility index (Phi) is 6.18. The van der Waals surface area contributed by atoms with Gasteiger partial charge in [-0.05, 0) is 38.4 Å². The van der Waals surface area contributed by atoms with Crippen LogP contribution in [0.25, 0.3) is 0 Å².